The van der Waals surface area contributed by atoms with Crippen molar-refractivity contribution in [1.82, 2.24) is 5.01 Å². The van der Waals surface area contributed by atoms with Gasteiger partial charge in [0.05, 0.1) is 16.9 Å². The molecule has 0 unspecified atom stereocenters. The standard InChI is InChI=1S/C10H7N3O3S2/c14-9-6-18-10(17)12(9)11-5-7-2-1-3-8(4-7)13(15)16/h1-5H,6H2/b11-5-. The van der Waals surface area contributed by atoms with Crippen molar-refractivity contribution < 1.29 is 9.72 Å². The summed E-state index contributed by atoms with van der Waals surface area (Å²) in [6, 6.07) is 5.98. The van der Waals surface area contributed by atoms with Crippen LogP contribution in [0.25, 0.3) is 0 Å². The van der Waals surface area contributed by atoms with Crippen molar-refractivity contribution in [2.24, 2.45) is 5.10 Å². The monoisotopic (exact) mass is 281 g/mol. The maximum absolute atomic E-state index is 11.4. The highest BCUT2D eigenvalue weighted by Crippen LogP contribution is 2.19. The quantitative estimate of drug-likeness (QED) is 0.365. The van der Waals surface area contributed by atoms with Gasteiger partial charge in [-0.15, -0.1) is 0 Å². The molecule has 2 rings (SSSR count). The van der Waals surface area contributed by atoms with Gasteiger partial charge in [0.15, 0.2) is 4.32 Å². The molecule has 1 fully saturated rings. The summed E-state index contributed by atoms with van der Waals surface area (Å²) < 4.78 is 0.390. The number of nitrogens with zero attached hydrogens (tertiary/aromatic N) is 3. The first-order chi connectivity index (χ1) is 8.58. The Hall–Kier alpha value is -1.80. The van der Waals surface area contributed by atoms with Crippen LogP contribution < -0.4 is 0 Å². The molecule has 1 heterocycles. The number of amides is 1. The third-order valence-corrected chi connectivity index (χ3v) is 3.47. The van der Waals surface area contributed by atoms with Crippen LogP contribution in [-0.4, -0.2) is 32.1 Å². The first-order valence-electron chi connectivity index (χ1n) is 4.86. The van der Waals surface area contributed by atoms with Gasteiger partial charge in [-0.05, 0) is 0 Å². The van der Waals surface area contributed by atoms with Crippen molar-refractivity contribution in [2.45, 2.75) is 0 Å². The lowest BCUT2D eigenvalue weighted by Crippen LogP contribution is -2.22. The topological polar surface area (TPSA) is 75.8 Å². The molecule has 6 nitrogen and oxygen atoms in total. The van der Waals surface area contributed by atoms with Crippen LogP contribution in [0.1, 0.15) is 5.56 Å². The van der Waals surface area contributed by atoms with E-state index in [4.69, 9.17) is 12.2 Å². The van der Waals surface area contributed by atoms with E-state index in [0.717, 1.165) is 5.01 Å². The van der Waals surface area contributed by atoms with Gasteiger partial charge in [0.1, 0.15) is 0 Å². The van der Waals surface area contributed by atoms with Gasteiger partial charge in [0, 0.05) is 17.7 Å². The number of hydrazone groups is 1. The van der Waals surface area contributed by atoms with Crippen LogP contribution in [0.15, 0.2) is 29.4 Å². The van der Waals surface area contributed by atoms with Crippen LogP contribution in [0, 0.1) is 10.1 Å². The lowest BCUT2D eigenvalue weighted by atomic mass is 10.2. The molecular weight excluding hydrogens is 274 g/mol. The lowest BCUT2D eigenvalue weighted by molar-refractivity contribution is -0.384. The van der Waals surface area contributed by atoms with E-state index in [1.165, 1.54) is 30.1 Å². The molecule has 0 atom stereocenters. The maximum atomic E-state index is 11.4. The number of nitro benzene ring substituents is 1. The number of hydrogen-bond donors (Lipinski definition) is 0. The van der Waals surface area contributed by atoms with Gasteiger partial charge in [0.25, 0.3) is 11.6 Å². The number of thioether (sulfide) groups is 1. The third-order valence-electron chi connectivity index (χ3n) is 2.13. The Bertz CT molecular complexity index is 543. The van der Waals surface area contributed by atoms with Crippen LogP contribution in [0.4, 0.5) is 5.69 Å². The zero-order chi connectivity index (χ0) is 13.1. The summed E-state index contributed by atoms with van der Waals surface area (Å²) in [6.07, 6.45) is 1.38. The molecular formula is C10H7N3O3S2. The van der Waals surface area contributed by atoms with E-state index in [2.05, 4.69) is 5.10 Å². The van der Waals surface area contributed by atoms with E-state index in [1.54, 1.807) is 12.1 Å². The van der Waals surface area contributed by atoms with Gasteiger partial charge >= 0.3 is 0 Å². The molecule has 0 spiro atoms. The molecule has 1 aromatic carbocycles. The van der Waals surface area contributed by atoms with Crippen LogP contribution >= 0.6 is 24.0 Å². The van der Waals surface area contributed by atoms with Crippen molar-refractivity contribution in [3.05, 3.63) is 39.9 Å². The molecule has 0 aliphatic carbocycles. The van der Waals surface area contributed by atoms with E-state index in [1.807, 2.05) is 0 Å². The second kappa shape index (κ2) is 5.23. The largest absolute Gasteiger partial charge is 0.272 e. The second-order valence-electron chi connectivity index (χ2n) is 3.36. The Kier molecular flexibility index (Phi) is 3.68. The molecule has 0 bridgehead atoms. The zero-order valence-corrected chi connectivity index (χ0v) is 10.6. The molecule has 1 saturated heterocycles. The summed E-state index contributed by atoms with van der Waals surface area (Å²) in [6.45, 7) is 0. The number of carbonyl (C=O) groups excluding carboxylic acids is 1. The van der Waals surface area contributed by atoms with Crippen molar-refractivity contribution in [3.63, 3.8) is 0 Å². The highest BCUT2D eigenvalue weighted by molar-refractivity contribution is 8.23. The predicted octanol–water partition coefficient (Wildman–Crippen LogP) is 1.79. The average molecular weight is 281 g/mol. The zero-order valence-electron chi connectivity index (χ0n) is 8.98. The molecule has 1 aliphatic heterocycles. The number of thiocarbonyl (C=S) groups is 1. The Labute approximate surface area is 112 Å². The second-order valence-corrected chi connectivity index (χ2v) is 4.97. The smallest absolute Gasteiger partial charge is 0.270 e. The fourth-order valence-corrected chi connectivity index (χ4v) is 2.27. The van der Waals surface area contributed by atoms with E-state index in [9.17, 15) is 14.9 Å². The van der Waals surface area contributed by atoms with Gasteiger partial charge in [0.2, 0.25) is 0 Å². The minimum absolute atomic E-state index is 0.0244. The number of hydrogen-bond acceptors (Lipinski definition) is 6. The number of nitro groups is 1. The van der Waals surface area contributed by atoms with Crippen LogP contribution in [0.5, 0.6) is 0 Å². The SMILES string of the molecule is O=C1CSC(=S)N1/N=C\c1cccc([N+](=O)[O-])c1. The van der Waals surface area contributed by atoms with Crippen LogP contribution in [0.2, 0.25) is 0 Å². The molecule has 1 aromatic rings. The Morgan fingerprint density at radius 1 is 1.56 bits per heavy atom. The molecule has 18 heavy (non-hydrogen) atoms. The Morgan fingerprint density at radius 2 is 2.33 bits per heavy atom. The van der Waals surface area contributed by atoms with Crippen LogP contribution in [0.3, 0.4) is 0 Å². The molecule has 0 aromatic heterocycles. The predicted molar refractivity (Wildman–Crippen MR) is 72.6 cm³/mol. The summed E-state index contributed by atoms with van der Waals surface area (Å²) in [7, 11) is 0. The van der Waals surface area contributed by atoms with Gasteiger partial charge in [-0.2, -0.15) is 10.1 Å². The van der Waals surface area contributed by atoms with Gasteiger partial charge < -0.3 is 0 Å². The summed E-state index contributed by atoms with van der Waals surface area (Å²) in [5.74, 6) is 0.0946. The minimum atomic E-state index is -0.487. The summed E-state index contributed by atoms with van der Waals surface area (Å²) >= 11 is 6.19. The van der Waals surface area contributed by atoms with Crippen LogP contribution in [-0.2, 0) is 4.79 Å². The third kappa shape index (κ3) is 2.71. The van der Waals surface area contributed by atoms with E-state index >= 15 is 0 Å². The van der Waals surface area contributed by atoms with Crippen molar-refractivity contribution in [3.8, 4) is 0 Å². The van der Waals surface area contributed by atoms with Crippen molar-refractivity contribution >= 4 is 46.1 Å². The first kappa shape index (κ1) is 12.7. The van der Waals surface area contributed by atoms with Gasteiger partial charge in [-0.25, -0.2) is 0 Å². The summed E-state index contributed by atoms with van der Waals surface area (Å²) in [5.41, 5.74) is 0.514. The number of carbonyl (C=O) groups is 1. The molecule has 0 radical (unpaired) electrons. The number of benzene rings is 1. The van der Waals surface area contributed by atoms with Gasteiger partial charge in [-0.3, -0.25) is 14.9 Å². The minimum Gasteiger partial charge on any atom is -0.272 e. The fraction of sp³-hybridized carbons (Fsp3) is 0.100. The van der Waals surface area contributed by atoms with E-state index in [0.29, 0.717) is 9.88 Å². The normalized spacial score (nSPS) is 15.7. The molecule has 92 valence electrons. The molecule has 0 N–H and O–H groups in total. The Morgan fingerprint density at radius 3 is 2.94 bits per heavy atom. The lowest BCUT2D eigenvalue weighted by Gasteiger charge is -2.05. The van der Waals surface area contributed by atoms with Gasteiger partial charge in [-0.1, -0.05) is 36.1 Å². The maximum Gasteiger partial charge on any atom is 0.270 e. The molecule has 8 heteroatoms. The van der Waals surface area contributed by atoms with Crippen molar-refractivity contribution in [2.75, 3.05) is 5.75 Å². The summed E-state index contributed by atoms with van der Waals surface area (Å²) in [4.78, 5) is 21.5. The van der Waals surface area contributed by atoms with Crippen molar-refractivity contribution in [1.29, 1.82) is 0 Å². The number of rotatable bonds is 3. The highest BCUT2D eigenvalue weighted by Gasteiger charge is 2.25. The molecule has 0 saturated carbocycles. The average Bonchev–Trinajstić information content (AvgIpc) is 2.67. The van der Waals surface area contributed by atoms with E-state index < -0.39 is 4.92 Å². The van der Waals surface area contributed by atoms with E-state index in [-0.39, 0.29) is 17.3 Å². The Balaban J connectivity index is 2.18. The number of non-ortho nitro benzene ring substituents is 1. The highest BCUT2D eigenvalue weighted by atomic mass is 32.2. The molecule has 1 aliphatic rings. The first-order valence-corrected chi connectivity index (χ1v) is 6.25. The fourth-order valence-electron chi connectivity index (χ4n) is 1.30. The summed E-state index contributed by atoms with van der Waals surface area (Å²) in [5, 5.41) is 15.6. The molecule has 1 amide bonds.